The highest BCUT2D eigenvalue weighted by Gasteiger charge is 2.48. The van der Waals surface area contributed by atoms with Gasteiger partial charge in [0.25, 0.3) is 0 Å². The first-order chi connectivity index (χ1) is 10.3. The van der Waals surface area contributed by atoms with Gasteiger partial charge in [0.1, 0.15) is 0 Å². The highest BCUT2D eigenvalue weighted by molar-refractivity contribution is 6.77. The second-order valence-corrected chi connectivity index (χ2v) is 9.68. The van der Waals surface area contributed by atoms with Crippen molar-refractivity contribution in [3.63, 3.8) is 0 Å². The SMILES string of the molecule is CCO[Si]1(C)C(c2ccccc2)C=CC1c1ccccc1. The fraction of sp³-hybridized carbons (Fsp3) is 0.263. The normalized spacial score (nSPS) is 27.9. The standard InChI is InChI=1S/C19H22OSi/c1-3-20-21(2)18(16-10-6-4-7-11-16)14-15-19(21)17-12-8-5-9-13-17/h4-15,18-19H,3H2,1-2H3. The number of hydrogen-bond acceptors (Lipinski definition) is 1. The van der Waals surface area contributed by atoms with Gasteiger partial charge in [-0.15, -0.1) is 0 Å². The van der Waals surface area contributed by atoms with Gasteiger partial charge in [0.2, 0.25) is 8.32 Å². The Hall–Kier alpha value is -1.64. The Bertz CT molecular complexity index is 556. The van der Waals surface area contributed by atoms with Crippen molar-refractivity contribution in [2.75, 3.05) is 6.61 Å². The topological polar surface area (TPSA) is 9.23 Å². The minimum atomic E-state index is -1.94. The van der Waals surface area contributed by atoms with Crippen molar-refractivity contribution in [2.45, 2.75) is 24.6 Å². The van der Waals surface area contributed by atoms with E-state index in [0.717, 1.165) is 6.61 Å². The van der Waals surface area contributed by atoms with Crippen molar-refractivity contribution >= 4 is 8.32 Å². The third-order valence-corrected chi connectivity index (χ3v) is 8.94. The summed E-state index contributed by atoms with van der Waals surface area (Å²) < 4.78 is 6.40. The maximum atomic E-state index is 6.40. The molecule has 1 heterocycles. The predicted octanol–water partition coefficient (Wildman–Crippen LogP) is 4.81. The number of hydrogen-bond donors (Lipinski definition) is 0. The molecule has 21 heavy (non-hydrogen) atoms. The van der Waals surface area contributed by atoms with Crippen LogP contribution in [0.15, 0.2) is 72.8 Å². The molecule has 1 nitrogen and oxygen atoms in total. The molecule has 0 N–H and O–H groups in total. The van der Waals surface area contributed by atoms with Crippen molar-refractivity contribution in [1.29, 1.82) is 0 Å². The van der Waals surface area contributed by atoms with Crippen LogP contribution in [0, 0.1) is 0 Å². The summed E-state index contributed by atoms with van der Waals surface area (Å²) in [5.41, 5.74) is 3.64. The molecule has 0 saturated carbocycles. The fourth-order valence-electron chi connectivity index (χ4n) is 3.49. The van der Waals surface area contributed by atoms with Gasteiger partial charge < -0.3 is 4.43 Å². The van der Waals surface area contributed by atoms with E-state index in [4.69, 9.17) is 4.43 Å². The Kier molecular flexibility index (Phi) is 4.09. The molecule has 2 unspecified atom stereocenters. The molecule has 3 rings (SSSR count). The molecule has 1 aliphatic rings. The summed E-state index contributed by atoms with van der Waals surface area (Å²) in [5.74, 6) is 0. The third kappa shape index (κ3) is 2.61. The molecule has 0 fully saturated rings. The molecular weight excluding hydrogens is 272 g/mol. The second-order valence-electron chi connectivity index (χ2n) is 5.78. The van der Waals surface area contributed by atoms with E-state index in [9.17, 15) is 0 Å². The average Bonchev–Trinajstić information content (AvgIpc) is 2.86. The molecule has 0 radical (unpaired) electrons. The van der Waals surface area contributed by atoms with Crippen molar-refractivity contribution < 1.29 is 4.43 Å². The van der Waals surface area contributed by atoms with E-state index in [1.807, 2.05) is 0 Å². The summed E-state index contributed by atoms with van der Waals surface area (Å²) in [6.07, 6.45) is 4.74. The molecule has 0 saturated heterocycles. The van der Waals surface area contributed by atoms with Crippen molar-refractivity contribution in [3.8, 4) is 0 Å². The van der Waals surface area contributed by atoms with Gasteiger partial charge in [-0.25, -0.2) is 0 Å². The summed E-state index contributed by atoms with van der Waals surface area (Å²) in [4.78, 5) is 0. The first kappa shape index (κ1) is 14.3. The zero-order valence-corrected chi connectivity index (χ0v) is 13.7. The molecule has 0 spiro atoms. The molecule has 0 aliphatic carbocycles. The van der Waals surface area contributed by atoms with Gasteiger partial charge in [0, 0.05) is 17.7 Å². The van der Waals surface area contributed by atoms with E-state index in [1.165, 1.54) is 11.1 Å². The van der Waals surface area contributed by atoms with E-state index in [-0.39, 0.29) is 0 Å². The summed E-state index contributed by atoms with van der Waals surface area (Å²) in [7, 11) is -1.94. The van der Waals surface area contributed by atoms with Crippen LogP contribution in [-0.2, 0) is 4.43 Å². The van der Waals surface area contributed by atoms with Crippen LogP contribution in [0.5, 0.6) is 0 Å². The Morgan fingerprint density at radius 1 is 0.810 bits per heavy atom. The van der Waals surface area contributed by atoms with Crippen LogP contribution >= 0.6 is 0 Å². The largest absolute Gasteiger partial charge is 0.416 e. The molecular formula is C19H22OSi. The first-order valence-corrected chi connectivity index (χ1v) is 10.2. The Balaban J connectivity index is 1.99. The van der Waals surface area contributed by atoms with Gasteiger partial charge >= 0.3 is 0 Å². The fourth-order valence-corrected chi connectivity index (χ4v) is 7.56. The van der Waals surface area contributed by atoms with Crippen molar-refractivity contribution in [3.05, 3.63) is 83.9 Å². The Morgan fingerprint density at radius 3 is 1.62 bits per heavy atom. The minimum absolute atomic E-state index is 0.434. The average molecular weight is 294 g/mol. The van der Waals surface area contributed by atoms with Gasteiger partial charge in [-0.05, 0) is 24.6 Å². The summed E-state index contributed by atoms with van der Waals surface area (Å²) in [6.45, 7) is 5.28. The van der Waals surface area contributed by atoms with Gasteiger partial charge in [0.05, 0.1) is 0 Å². The Labute approximate surface area is 128 Å². The van der Waals surface area contributed by atoms with E-state index in [2.05, 4.69) is 86.3 Å². The molecule has 2 atom stereocenters. The summed E-state index contributed by atoms with van der Waals surface area (Å²) in [6, 6.07) is 21.6. The maximum Gasteiger partial charge on any atom is 0.211 e. The number of benzene rings is 2. The minimum Gasteiger partial charge on any atom is -0.416 e. The molecule has 1 aliphatic heterocycles. The smallest absolute Gasteiger partial charge is 0.211 e. The highest BCUT2D eigenvalue weighted by Crippen LogP contribution is 2.45. The van der Waals surface area contributed by atoms with Crippen LogP contribution < -0.4 is 0 Å². The maximum absolute atomic E-state index is 6.40. The number of allylic oxidation sites excluding steroid dienone is 2. The zero-order chi connectivity index (χ0) is 14.7. The third-order valence-electron chi connectivity index (χ3n) is 4.50. The van der Waals surface area contributed by atoms with Crippen LogP contribution in [-0.4, -0.2) is 14.9 Å². The zero-order valence-electron chi connectivity index (χ0n) is 12.7. The van der Waals surface area contributed by atoms with E-state index in [0.29, 0.717) is 11.1 Å². The monoisotopic (exact) mass is 294 g/mol. The van der Waals surface area contributed by atoms with E-state index in [1.54, 1.807) is 0 Å². The molecule has 108 valence electrons. The van der Waals surface area contributed by atoms with Crippen LogP contribution in [0.2, 0.25) is 6.55 Å². The van der Waals surface area contributed by atoms with Crippen LogP contribution in [0.4, 0.5) is 0 Å². The van der Waals surface area contributed by atoms with Crippen LogP contribution in [0.25, 0.3) is 0 Å². The molecule has 0 amide bonds. The summed E-state index contributed by atoms with van der Waals surface area (Å²) in [5, 5.41) is 0. The lowest BCUT2D eigenvalue weighted by Gasteiger charge is -2.35. The van der Waals surface area contributed by atoms with Gasteiger partial charge in [0.15, 0.2) is 0 Å². The molecule has 0 aromatic heterocycles. The first-order valence-electron chi connectivity index (χ1n) is 7.68. The Morgan fingerprint density at radius 2 is 1.24 bits per heavy atom. The molecule has 2 aromatic carbocycles. The quantitative estimate of drug-likeness (QED) is 0.580. The molecule has 2 heteroatoms. The van der Waals surface area contributed by atoms with Crippen molar-refractivity contribution in [1.82, 2.24) is 0 Å². The second kappa shape index (κ2) is 6.00. The lowest BCUT2D eigenvalue weighted by Crippen LogP contribution is -2.44. The van der Waals surface area contributed by atoms with E-state index >= 15 is 0 Å². The van der Waals surface area contributed by atoms with Gasteiger partial charge in [-0.2, -0.15) is 0 Å². The van der Waals surface area contributed by atoms with Crippen LogP contribution in [0.1, 0.15) is 29.1 Å². The highest BCUT2D eigenvalue weighted by atomic mass is 28.4. The van der Waals surface area contributed by atoms with Gasteiger partial charge in [-0.3, -0.25) is 0 Å². The molecule has 0 bridgehead atoms. The lowest BCUT2D eigenvalue weighted by atomic mass is 10.1. The van der Waals surface area contributed by atoms with Gasteiger partial charge in [-0.1, -0.05) is 72.8 Å². The lowest BCUT2D eigenvalue weighted by molar-refractivity contribution is 0.317. The summed E-state index contributed by atoms with van der Waals surface area (Å²) >= 11 is 0. The van der Waals surface area contributed by atoms with Crippen LogP contribution in [0.3, 0.4) is 0 Å². The molecule has 2 aromatic rings. The number of rotatable bonds is 4. The van der Waals surface area contributed by atoms with Crippen molar-refractivity contribution in [2.24, 2.45) is 0 Å². The predicted molar refractivity (Wildman–Crippen MR) is 90.8 cm³/mol. The van der Waals surface area contributed by atoms with E-state index < -0.39 is 8.32 Å².